The van der Waals surface area contributed by atoms with Crippen molar-refractivity contribution in [2.45, 2.75) is 19.1 Å². The monoisotopic (exact) mass is 258 g/mol. The number of carboxylic acids is 1. The van der Waals surface area contributed by atoms with Crippen molar-refractivity contribution in [3.63, 3.8) is 0 Å². The normalized spacial score (nSPS) is 31.4. The fourth-order valence-electron chi connectivity index (χ4n) is 2.43. The summed E-state index contributed by atoms with van der Waals surface area (Å²) in [7, 11) is 0. The van der Waals surface area contributed by atoms with Crippen LogP contribution in [0.4, 0.5) is 4.79 Å². The van der Waals surface area contributed by atoms with Gasteiger partial charge in [-0.15, -0.1) is 0 Å². The number of cyclic esters (lactones) is 1. The Bertz CT molecular complexity index is 335. The quantitative estimate of drug-likeness (QED) is 0.692. The number of hydrogen-bond acceptors (Lipinski definition) is 5. The molecule has 3 unspecified atom stereocenters. The smallest absolute Gasteiger partial charge is 0.407 e. The average molecular weight is 258 g/mol. The number of carbonyl (C=O) groups is 2. The lowest BCUT2D eigenvalue weighted by atomic mass is 10.0. The lowest BCUT2D eigenvalue weighted by molar-refractivity contribution is -0.143. The number of nitrogens with zero attached hydrogens (tertiary/aromatic N) is 1. The summed E-state index contributed by atoms with van der Waals surface area (Å²) in [5.74, 6) is -1.34. The second kappa shape index (κ2) is 5.53. The van der Waals surface area contributed by atoms with E-state index in [1.807, 2.05) is 11.8 Å². The van der Waals surface area contributed by atoms with Gasteiger partial charge in [0.25, 0.3) is 0 Å². The molecule has 2 aliphatic rings. The molecule has 0 saturated carbocycles. The number of amides is 1. The standard InChI is InChI=1S/C11H18N2O5/c1-2-13(4-7-3-12-11(16)18-7)9-6-17-5-8(9)10(14)15/h7-9H,2-6H2,1H3,(H,12,16)(H,14,15). The molecule has 7 heteroatoms. The molecule has 102 valence electrons. The molecule has 2 fully saturated rings. The molecule has 18 heavy (non-hydrogen) atoms. The maximum absolute atomic E-state index is 11.1. The molecule has 0 bridgehead atoms. The molecule has 2 rings (SSSR count). The number of likely N-dealkylation sites (N-methyl/N-ethyl adjacent to an activating group) is 1. The highest BCUT2D eigenvalue weighted by molar-refractivity contribution is 5.71. The van der Waals surface area contributed by atoms with E-state index in [0.717, 1.165) is 0 Å². The van der Waals surface area contributed by atoms with Crippen LogP contribution < -0.4 is 5.32 Å². The maximum Gasteiger partial charge on any atom is 0.407 e. The van der Waals surface area contributed by atoms with Gasteiger partial charge >= 0.3 is 12.1 Å². The molecule has 1 amide bonds. The number of aliphatic carboxylic acids is 1. The van der Waals surface area contributed by atoms with Gasteiger partial charge in [0.1, 0.15) is 6.10 Å². The van der Waals surface area contributed by atoms with Gasteiger partial charge in [0, 0.05) is 12.6 Å². The van der Waals surface area contributed by atoms with E-state index in [2.05, 4.69) is 5.32 Å². The van der Waals surface area contributed by atoms with Crippen LogP contribution in [0.1, 0.15) is 6.92 Å². The van der Waals surface area contributed by atoms with Crippen molar-refractivity contribution in [2.75, 3.05) is 32.8 Å². The Morgan fingerprint density at radius 1 is 1.56 bits per heavy atom. The van der Waals surface area contributed by atoms with E-state index in [1.54, 1.807) is 0 Å². The first kappa shape index (κ1) is 13.1. The van der Waals surface area contributed by atoms with E-state index in [1.165, 1.54) is 0 Å². The number of alkyl carbamates (subject to hydrolysis) is 1. The molecule has 0 radical (unpaired) electrons. The number of hydrogen-bond donors (Lipinski definition) is 2. The minimum absolute atomic E-state index is 0.146. The summed E-state index contributed by atoms with van der Waals surface area (Å²) in [6.45, 7) is 4.33. The fourth-order valence-corrected chi connectivity index (χ4v) is 2.43. The van der Waals surface area contributed by atoms with Crippen molar-refractivity contribution in [1.29, 1.82) is 0 Å². The van der Waals surface area contributed by atoms with Crippen molar-refractivity contribution in [1.82, 2.24) is 10.2 Å². The van der Waals surface area contributed by atoms with Crippen LogP contribution >= 0.6 is 0 Å². The molecule has 0 aromatic rings. The summed E-state index contributed by atoms with van der Waals surface area (Å²) in [4.78, 5) is 24.1. The highest BCUT2D eigenvalue weighted by atomic mass is 16.6. The van der Waals surface area contributed by atoms with Crippen LogP contribution in [0.15, 0.2) is 0 Å². The number of carbonyl (C=O) groups excluding carboxylic acids is 1. The maximum atomic E-state index is 11.1. The topological polar surface area (TPSA) is 88.1 Å². The molecule has 2 N–H and O–H groups in total. The molecule has 2 saturated heterocycles. The van der Waals surface area contributed by atoms with Crippen LogP contribution in [0.2, 0.25) is 0 Å². The minimum atomic E-state index is -0.836. The van der Waals surface area contributed by atoms with Crippen molar-refractivity contribution < 1.29 is 24.2 Å². The fraction of sp³-hybridized carbons (Fsp3) is 0.818. The van der Waals surface area contributed by atoms with Gasteiger partial charge in [0.2, 0.25) is 0 Å². The van der Waals surface area contributed by atoms with Gasteiger partial charge in [-0.3, -0.25) is 9.69 Å². The molecule has 0 aromatic heterocycles. The summed E-state index contributed by atoms with van der Waals surface area (Å²) < 4.78 is 10.3. The van der Waals surface area contributed by atoms with Crippen molar-refractivity contribution in [3.05, 3.63) is 0 Å². The van der Waals surface area contributed by atoms with Gasteiger partial charge in [-0.2, -0.15) is 0 Å². The zero-order valence-corrected chi connectivity index (χ0v) is 10.3. The van der Waals surface area contributed by atoms with Gasteiger partial charge < -0.3 is 19.9 Å². The Morgan fingerprint density at radius 2 is 2.33 bits per heavy atom. The predicted octanol–water partition coefficient (Wildman–Crippen LogP) is -0.484. The van der Waals surface area contributed by atoms with E-state index >= 15 is 0 Å². The molecule has 7 nitrogen and oxygen atoms in total. The lowest BCUT2D eigenvalue weighted by Gasteiger charge is -2.30. The Labute approximate surface area is 105 Å². The van der Waals surface area contributed by atoms with E-state index in [-0.39, 0.29) is 18.8 Å². The zero-order valence-electron chi connectivity index (χ0n) is 10.3. The van der Waals surface area contributed by atoms with Gasteiger partial charge in [-0.25, -0.2) is 4.79 Å². The van der Waals surface area contributed by atoms with Crippen LogP contribution in [-0.4, -0.2) is 67.1 Å². The Morgan fingerprint density at radius 3 is 2.89 bits per heavy atom. The third kappa shape index (κ3) is 2.73. The molecule has 2 heterocycles. The van der Waals surface area contributed by atoms with Gasteiger partial charge in [-0.1, -0.05) is 6.92 Å². The highest BCUT2D eigenvalue weighted by Crippen LogP contribution is 2.21. The number of carboxylic acid groups (broad SMARTS) is 1. The number of nitrogens with one attached hydrogen (secondary N) is 1. The molecular weight excluding hydrogens is 240 g/mol. The second-order valence-electron chi connectivity index (χ2n) is 4.55. The van der Waals surface area contributed by atoms with Gasteiger partial charge in [-0.05, 0) is 6.54 Å². The summed E-state index contributed by atoms with van der Waals surface area (Å²) in [6.07, 6.45) is -0.624. The van der Waals surface area contributed by atoms with Crippen molar-refractivity contribution in [3.8, 4) is 0 Å². The summed E-state index contributed by atoms with van der Waals surface area (Å²) in [5, 5.41) is 11.7. The summed E-state index contributed by atoms with van der Waals surface area (Å²) in [5.41, 5.74) is 0. The number of rotatable bonds is 5. The average Bonchev–Trinajstić information content (AvgIpc) is 2.94. The van der Waals surface area contributed by atoms with Gasteiger partial charge in [0.15, 0.2) is 0 Å². The summed E-state index contributed by atoms with van der Waals surface area (Å²) >= 11 is 0. The van der Waals surface area contributed by atoms with Gasteiger partial charge in [0.05, 0.1) is 25.7 Å². The van der Waals surface area contributed by atoms with E-state index in [0.29, 0.717) is 26.2 Å². The van der Waals surface area contributed by atoms with Crippen molar-refractivity contribution >= 4 is 12.1 Å². The molecule has 0 spiro atoms. The SMILES string of the molecule is CCN(CC1CNC(=O)O1)C1COCC1C(=O)O. The van der Waals surface area contributed by atoms with Crippen LogP contribution in [0.25, 0.3) is 0 Å². The van der Waals surface area contributed by atoms with E-state index in [4.69, 9.17) is 14.6 Å². The third-order valence-electron chi connectivity index (χ3n) is 3.43. The first-order valence-corrected chi connectivity index (χ1v) is 6.11. The largest absolute Gasteiger partial charge is 0.481 e. The minimum Gasteiger partial charge on any atom is -0.481 e. The van der Waals surface area contributed by atoms with E-state index < -0.39 is 18.0 Å². The van der Waals surface area contributed by atoms with Crippen molar-refractivity contribution in [2.24, 2.45) is 5.92 Å². The van der Waals surface area contributed by atoms with Crippen LogP contribution in [0.3, 0.4) is 0 Å². The molecule has 2 aliphatic heterocycles. The lowest BCUT2D eigenvalue weighted by Crippen LogP contribution is -2.46. The Balaban J connectivity index is 1.95. The molecule has 0 aliphatic carbocycles. The first-order chi connectivity index (χ1) is 8.61. The summed E-state index contributed by atoms with van der Waals surface area (Å²) in [6, 6.07) is -0.146. The highest BCUT2D eigenvalue weighted by Gasteiger charge is 2.39. The zero-order chi connectivity index (χ0) is 13.1. The number of ether oxygens (including phenoxy) is 2. The molecule has 0 aromatic carbocycles. The second-order valence-corrected chi connectivity index (χ2v) is 4.55. The predicted molar refractivity (Wildman–Crippen MR) is 61.3 cm³/mol. The van der Waals surface area contributed by atoms with E-state index in [9.17, 15) is 9.59 Å². The Kier molecular flexibility index (Phi) is 4.03. The molecular formula is C11H18N2O5. The Hall–Kier alpha value is -1.34. The third-order valence-corrected chi connectivity index (χ3v) is 3.43. The van der Waals surface area contributed by atoms with Crippen LogP contribution in [-0.2, 0) is 14.3 Å². The molecule has 3 atom stereocenters. The van der Waals surface area contributed by atoms with Crippen LogP contribution in [0, 0.1) is 5.92 Å². The first-order valence-electron chi connectivity index (χ1n) is 6.11. The van der Waals surface area contributed by atoms with Crippen LogP contribution in [0.5, 0.6) is 0 Å².